The van der Waals surface area contributed by atoms with Crippen molar-refractivity contribution in [1.82, 2.24) is 0 Å². The summed E-state index contributed by atoms with van der Waals surface area (Å²) in [5, 5.41) is 0. The Balaban J connectivity index is 2.82. The van der Waals surface area contributed by atoms with Gasteiger partial charge < -0.3 is 9.47 Å². The average Bonchev–Trinajstić information content (AvgIpc) is 2.76. The average molecular weight is 996 g/mol. The standard InChI is InChI=1S/C23H16Br8O4/c1-7(2)21(32)34-19-15(28)11(24)9(12(25)16(19)29)23(5,6)10-13(26)17(30)20(18(31)14(10)27)35-22(33)8(3)4/h1,3H2,2,4-6H3. The van der Waals surface area contributed by atoms with Crippen LogP contribution in [0.25, 0.3) is 0 Å². The van der Waals surface area contributed by atoms with Gasteiger partial charge in [-0.1, -0.05) is 27.0 Å². The second-order valence-electron chi connectivity index (χ2n) is 7.88. The molecule has 0 fully saturated rings. The van der Waals surface area contributed by atoms with Crippen molar-refractivity contribution in [2.45, 2.75) is 33.1 Å². The number of carbonyl (C=O) groups excluding carboxylic acids is 2. The predicted molar refractivity (Wildman–Crippen MR) is 168 cm³/mol. The van der Waals surface area contributed by atoms with Gasteiger partial charge in [-0.15, -0.1) is 0 Å². The maximum absolute atomic E-state index is 12.2. The number of hydrogen-bond donors (Lipinski definition) is 0. The topological polar surface area (TPSA) is 52.6 Å². The molecular weight excluding hydrogens is 979 g/mol. The monoisotopic (exact) mass is 987 g/mol. The number of hydrogen-bond acceptors (Lipinski definition) is 4. The first kappa shape index (κ1) is 31.9. The van der Waals surface area contributed by atoms with Crippen LogP contribution in [0.15, 0.2) is 60.1 Å². The number of halogens is 8. The first-order valence-electron chi connectivity index (χ1n) is 9.44. The first-order chi connectivity index (χ1) is 16.0. The van der Waals surface area contributed by atoms with Crippen LogP contribution < -0.4 is 9.47 Å². The van der Waals surface area contributed by atoms with Gasteiger partial charge in [0.2, 0.25) is 0 Å². The van der Waals surface area contributed by atoms with Crippen LogP contribution in [0.1, 0.15) is 38.8 Å². The zero-order valence-electron chi connectivity index (χ0n) is 18.6. The molecule has 0 atom stereocenters. The van der Waals surface area contributed by atoms with Crippen molar-refractivity contribution in [3.8, 4) is 11.5 Å². The van der Waals surface area contributed by atoms with Gasteiger partial charge in [0.25, 0.3) is 0 Å². The van der Waals surface area contributed by atoms with Gasteiger partial charge in [-0.3, -0.25) is 0 Å². The molecule has 2 rings (SSSR count). The summed E-state index contributed by atoms with van der Waals surface area (Å²) in [6.07, 6.45) is 0. The Morgan fingerprint density at radius 2 is 0.800 bits per heavy atom. The van der Waals surface area contributed by atoms with Gasteiger partial charge >= 0.3 is 11.9 Å². The zero-order chi connectivity index (χ0) is 27.2. The quantitative estimate of drug-likeness (QED) is 0.125. The van der Waals surface area contributed by atoms with Gasteiger partial charge in [0.05, 0.1) is 17.9 Å². The van der Waals surface area contributed by atoms with Crippen LogP contribution in [-0.4, -0.2) is 11.9 Å². The molecule has 0 aliphatic rings. The van der Waals surface area contributed by atoms with Crippen LogP contribution in [0.3, 0.4) is 0 Å². The summed E-state index contributed by atoms with van der Waals surface area (Å²) in [6.45, 7) is 14.5. The Morgan fingerprint density at radius 1 is 0.571 bits per heavy atom. The van der Waals surface area contributed by atoms with Gasteiger partial charge in [0.1, 0.15) is 0 Å². The van der Waals surface area contributed by atoms with Crippen molar-refractivity contribution in [1.29, 1.82) is 0 Å². The summed E-state index contributed by atoms with van der Waals surface area (Å²) >= 11 is 29.0. The van der Waals surface area contributed by atoms with E-state index in [0.29, 0.717) is 47.3 Å². The van der Waals surface area contributed by atoms with E-state index in [4.69, 9.17) is 9.47 Å². The van der Waals surface area contributed by atoms with E-state index in [1.807, 2.05) is 13.8 Å². The third-order valence-corrected chi connectivity index (χ3v) is 13.1. The van der Waals surface area contributed by atoms with Gasteiger partial charge in [-0.25, -0.2) is 9.59 Å². The highest BCUT2D eigenvalue weighted by molar-refractivity contribution is 9.14. The van der Waals surface area contributed by atoms with Crippen LogP contribution in [0.5, 0.6) is 11.5 Å². The first-order valence-corrected chi connectivity index (χ1v) is 15.8. The summed E-state index contributed by atoms with van der Waals surface area (Å²) in [5.74, 6) is -0.483. The van der Waals surface area contributed by atoms with E-state index >= 15 is 0 Å². The Kier molecular flexibility index (Phi) is 11.2. The lowest BCUT2D eigenvalue weighted by molar-refractivity contribution is -0.131. The Labute approximate surface area is 271 Å². The van der Waals surface area contributed by atoms with E-state index in [-0.39, 0.29) is 11.1 Å². The molecule has 0 bridgehead atoms. The normalized spacial score (nSPS) is 11.3. The third kappa shape index (κ3) is 6.31. The van der Waals surface area contributed by atoms with E-state index in [1.54, 1.807) is 13.8 Å². The molecule has 4 nitrogen and oxygen atoms in total. The van der Waals surface area contributed by atoms with Crippen molar-refractivity contribution in [2.24, 2.45) is 0 Å². The van der Waals surface area contributed by atoms with Gasteiger partial charge in [0.15, 0.2) is 11.5 Å². The van der Waals surface area contributed by atoms with Crippen molar-refractivity contribution in [3.05, 3.63) is 71.2 Å². The summed E-state index contributed by atoms with van der Waals surface area (Å²) in [4.78, 5) is 24.4. The lowest BCUT2D eigenvalue weighted by Crippen LogP contribution is -2.23. The van der Waals surface area contributed by atoms with Gasteiger partial charge in [0, 0.05) is 34.5 Å². The molecule has 0 unspecified atom stereocenters. The SMILES string of the molecule is C=C(C)C(=O)Oc1c(Br)c(Br)c(C(C)(C)c2c(Br)c(Br)c(OC(=O)C(=C)C)c(Br)c2Br)c(Br)c1Br. The second kappa shape index (κ2) is 12.3. The lowest BCUT2D eigenvalue weighted by atomic mass is 9.78. The van der Waals surface area contributed by atoms with Crippen molar-refractivity contribution in [2.75, 3.05) is 0 Å². The van der Waals surface area contributed by atoms with E-state index in [0.717, 1.165) is 11.1 Å². The molecule has 0 N–H and O–H groups in total. The predicted octanol–water partition coefficient (Wildman–Crippen LogP) is 11.1. The minimum Gasteiger partial charge on any atom is -0.421 e. The fraction of sp³-hybridized carbons (Fsp3) is 0.217. The fourth-order valence-electron chi connectivity index (χ4n) is 2.98. The van der Waals surface area contributed by atoms with Crippen molar-refractivity contribution < 1.29 is 19.1 Å². The maximum atomic E-state index is 12.2. The Bertz CT molecular complexity index is 1140. The molecule has 2 aromatic carbocycles. The highest BCUT2D eigenvalue weighted by atomic mass is 79.9. The van der Waals surface area contributed by atoms with E-state index < -0.39 is 17.4 Å². The van der Waals surface area contributed by atoms with E-state index in [1.165, 1.54) is 0 Å². The molecule has 0 aromatic heterocycles. The fourth-order valence-corrected chi connectivity index (χ4v) is 9.45. The van der Waals surface area contributed by atoms with Gasteiger partial charge in [-0.2, -0.15) is 0 Å². The number of ether oxygens (including phenoxy) is 2. The molecule has 0 aliphatic heterocycles. The lowest BCUT2D eigenvalue weighted by Gasteiger charge is -2.33. The highest BCUT2D eigenvalue weighted by Crippen LogP contribution is 2.56. The summed E-state index contributed by atoms with van der Waals surface area (Å²) in [6, 6.07) is 0. The van der Waals surface area contributed by atoms with Crippen LogP contribution in [0, 0.1) is 0 Å². The molecule has 188 valence electrons. The van der Waals surface area contributed by atoms with Gasteiger partial charge in [-0.05, 0) is 152 Å². The zero-order valence-corrected chi connectivity index (χ0v) is 31.3. The van der Waals surface area contributed by atoms with Crippen LogP contribution >= 0.6 is 127 Å². The molecule has 0 aliphatic carbocycles. The smallest absolute Gasteiger partial charge is 0.338 e. The maximum Gasteiger partial charge on any atom is 0.338 e. The molecule has 12 heteroatoms. The van der Waals surface area contributed by atoms with E-state index in [9.17, 15) is 9.59 Å². The highest BCUT2D eigenvalue weighted by Gasteiger charge is 2.38. The molecule has 0 radical (unpaired) electrons. The Morgan fingerprint density at radius 3 is 1.00 bits per heavy atom. The van der Waals surface area contributed by atoms with Crippen molar-refractivity contribution >= 4 is 139 Å². The Hall–Kier alpha value is 0.700. The number of carbonyl (C=O) groups is 2. The summed E-state index contributed by atoms with van der Waals surface area (Å²) < 4.78 is 16.0. The molecule has 0 amide bonds. The third-order valence-electron chi connectivity index (χ3n) is 4.78. The molecule has 35 heavy (non-hydrogen) atoms. The van der Waals surface area contributed by atoms with Crippen LogP contribution in [0.2, 0.25) is 0 Å². The minimum absolute atomic E-state index is 0.274. The number of benzene rings is 2. The molecule has 0 saturated carbocycles. The number of rotatable bonds is 6. The molecule has 2 aromatic rings. The van der Waals surface area contributed by atoms with E-state index in [2.05, 4.69) is 141 Å². The van der Waals surface area contributed by atoms with Crippen molar-refractivity contribution in [3.63, 3.8) is 0 Å². The largest absolute Gasteiger partial charge is 0.421 e. The van der Waals surface area contributed by atoms with Crippen LogP contribution in [0.4, 0.5) is 0 Å². The second-order valence-corrected chi connectivity index (χ2v) is 14.2. The summed E-state index contributed by atoms with van der Waals surface area (Å²) in [7, 11) is 0. The minimum atomic E-state index is -0.667. The molecule has 0 saturated heterocycles. The van der Waals surface area contributed by atoms with Crippen LogP contribution in [-0.2, 0) is 15.0 Å². The molecular formula is C23H16Br8O4. The summed E-state index contributed by atoms with van der Waals surface area (Å²) in [5.41, 5.74) is 1.57. The molecule has 0 spiro atoms. The number of esters is 2. The molecule has 0 heterocycles.